The van der Waals surface area contributed by atoms with E-state index in [0.29, 0.717) is 12.2 Å². The van der Waals surface area contributed by atoms with Gasteiger partial charge in [0.25, 0.3) is 0 Å². The number of halogens is 1. The molecular formula is C23H30FN3O3. The Labute approximate surface area is 177 Å². The third-order valence-electron chi connectivity index (χ3n) is 4.56. The number of carbonyl (C=O) groups is 2. The molecule has 0 radical (unpaired) electrons. The maximum Gasteiger partial charge on any atom is 0.244 e. The number of nitrogens with zero attached hydrogens (tertiary/aromatic N) is 2. The minimum absolute atomic E-state index is 0.0872. The van der Waals surface area contributed by atoms with Crippen LogP contribution in [0.1, 0.15) is 26.3 Å². The summed E-state index contributed by atoms with van der Waals surface area (Å²) in [5, 5.41) is 2.71. The summed E-state index contributed by atoms with van der Waals surface area (Å²) in [7, 11) is 3.48. The number of ether oxygens (including phenoxy) is 1. The molecule has 0 saturated carbocycles. The third-order valence-corrected chi connectivity index (χ3v) is 4.56. The molecule has 0 aliphatic rings. The fourth-order valence-electron chi connectivity index (χ4n) is 2.99. The normalized spacial score (nSPS) is 11.3. The van der Waals surface area contributed by atoms with Crippen molar-refractivity contribution in [3.63, 3.8) is 0 Å². The second kappa shape index (κ2) is 10.2. The molecule has 30 heavy (non-hydrogen) atoms. The number of methoxy groups -OCH3 is 1. The molecule has 2 amide bonds. The van der Waals surface area contributed by atoms with Crippen LogP contribution in [0.3, 0.4) is 0 Å². The van der Waals surface area contributed by atoms with Gasteiger partial charge >= 0.3 is 0 Å². The van der Waals surface area contributed by atoms with Gasteiger partial charge in [0.15, 0.2) is 0 Å². The van der Waals surface area contributed by atoms with Gasteiger partial charge in [0.2, 0.25) is 11.8 Å². The molecule has 0 saturated heterocycles. The van der Waals surface area contributed by atoms with Crippen molar-refractivity contribution in [2.24, 2.45) is 0 Å². The van der Waals surface area contributed by atoms with Crippen LogP contribution in [0.15, 0.2) is 48.5 Å². The number of benzene rings is 2. The zero-order valence-electron chi connectivity index (χ0n) is 18.2. The van der Waals surface area contributed by atoms with Crippen LogP contribution >= 0.6 is 0 Å². The lowest BCUT2D eigenvalue weighted by molar-refractivity contribution is -0.140. The van der Waals surface area contributed by atoms with E-state index in [9.17, 15) is 14.0 Å². The Morgan fingerprint density at radius 1 is 1.00 bits per heavy atom. The van der Waals surface area contributed by atoms with E-state index < -0.39 is 5.54 Å². The number of rotatable bonds is 8. The highest BCUT2D eigenvalue weighted by Gasteiger charge is 2.29. The summed E-state index contributed by atoms with van der Waals surface area (Å²) < 4.78 is 18.2. The minimum Gasteiger partial charge on any atom is -0.497 e. The van der Waals surface area contributed by atoms with Gasteiger partial charge in [-0.05, 0) is 69.8 Å². The van der Waals surface area contributed by atoms with E-state index in [-0.39, 0.29) is 30.7 Å². The van der Waals surface area contributed by atoms with Crippen LogP contribution in [0.5, 0.6) is 5.75 Å². The number of anilines is 1. The van der Waals surface area contributed by atoms with Crippen molar-refractivity contribution >= 4 is 17.5 Å². The molecule has 0 aliphatic heterocycles. The fourth-order valence-corrected chi connectivity index (χ4v) is 2.99. The summed E-state index contributed by atoms with van der Waals surface area (Å²) in [6.45, 7) is 6.34. The van der Waals surface area contributed by atoms with Crippen molar-refractivity contribution in [3.8, 4) is 5.75 Å². The first kappa shape index (κ1) is 23.3. The summed E-state index contributed by atoms with van der Waals surface area (Å²) in [4.78, 5) is 28.9. The molecule has 0 aliphatic carbocycles. The van der Waals surface area contributed by atoms with Gasteiger partial charge in [-0.3, -0.25) is 14.5 Å². The van der Waals surface area contributed by atoms with E-state index in [1.54, 1.807) is 12.0 Å². The Morgan fingerprint density at radius 3 is 2.13 bits per heavy atom. The van der Waals surface area contributed by atoms with Gasteiger partial charge < -0.3 is 15.0 Å². The molecule has 0 aromatic heterocycles. The maximum absolute atomic E-state index is 13.0. The Hall–Kier alpha value is -2.93. The molecule has 7 heteroatoms. The van der Waals surface area contributed by atoms with Gasteiger partial charge in [0, 0.05) is 17.8 Å². The number of carbonyl (C=O) groups excluding carboxylic acids is 2. The fraction of sp³-hybridized carbons (Fsp3) is 0.391. The smallest absolute Gasteiger partial charge is 0.244 e. The van der Waals surface area contributed by atoms with Gasteiger partial charge in [-0.25, -0.2) is 4.39 Å². The van der Waals surface area contributed by atoms with Crippen LogP contribution in [0.25, 0.3) is 0 Å². The molecule has 162 valence electrons. The van der Waals surface area contributed by atoms with Crippen LogP contribution in [-0.4, -0.2) is 54.4 Å². The largest absolute Gasteiger partial charge is 0.497 e. The lowest BCUT2D eigenvalue weighted by Crippen LogP contribution is -2.52. The second-order valence-corrected chi connectivity index (χ2v) is 8.23. The van der Waals surface area contributed by atoms with E-state index in [0.717, 1.165) is 11.3 Å². The van der Waals surface area contributed by atoms with E-state index in [4.69, 9.17) is 4.74 Å². The van der Waals surface area contributed by atoms with Crippen molar-refractivity contribution in [2.75, 3.05) is 32.6 Å². The van der Waals surface area contributed by atoms with Gasteiger partial charge in [-0.2, -0.15) is 0 Å². The highest BCUT2D eigenvalue weighted by Crippen LogP contribution is 2.16. The topological polar surface area (TPSA) is 61.9 Å². The molecule has 1 N–H and O–H groups in total. The van der Waals surface area contributed by atoms with Crippen LogP contribution in [0.2, 0.25) is 0 Å². The van der Waals surface area contributed by atoms with E-state index in [1.807, 2.05) is 57.0 Å². The molecule has 6 nitrogen and oxygen atoms in total. The number of likely N-dealkylation sites (N-methyl/N-ethyl adjacent to an activating group) is 1. The molecule has 0 heterocycles. The first-order valence-corrected chi connectivity index (χ1v) is 9.76. The number of hydrogen-bond donors (Lipinski definition) is 1. The summed E-state index contributed by atoms with van der Waals surface area (Å²) in [6, 6.07) is 13.2. The van der Waals surface area contributed by atoms with Crippen LogP contribution in [0, 0.1) is 5.82 Å². The quantitative estimate of drug-likeness (QED) is 0.717. The standard InChI is InChI=1S/C23H30FN3O3/c1-23(2,3)27(15-21(28)25-19-10-8-18(24)9-11-19)22(29)16-26(4)14-17-6-12-20(30-5)13-7-17/h6-13H,14-16H2,1-5H3,(H,25,28). The Balaban J connectivity index is 1.98. The zero-order chi connectivity index (χ0) is 22.3. The summed E-state index contributed by atoms with van der Waals surface area (Å²) in [5.74, 6) is -0.0709. The average molecular weight is 416 g/mol. The Kier molecular flexibility index (Phi) is 7.94. The first-order valence-electron chi connectivity index (χ1n) is 9.76. The van der Waals surface area contributed by atoms with E-state index in [2.05, 4.69) is 5.32 Å². The second-order valence-electron chi connectivity index (χ2n) is 8.23. The van der Waals surface area contributed by atoms with Crippen molar-refractivity contribution in [1.29, 1.82) is 0 Å². The summed E-state index contributed by atoms with van der Waals surface area (Å²) >= 11 is 0. The molecule has 0 atom stereocenters. The van der Waals surface area contributed by atoms with Gasteiger partial charge in [-0.15, -0.1) is 0 Å². The zero-order valence-corrected chi connectivity index (χ0v) is 18.2. The van der Waals surface area contributed by atoms with Crippen molar-refractivity contribution < 1.29 is 18.7 Å². The molecule has 2 aromatic carbocycles. The molecule has 0 unspecified atom stereocenters. The van der Waals surface area contributed by atoms with Crippen LogP contribution in [0.4, 0.5) is 10.1 Å². The molecule has 0 fully saturated rings. The average Bonchev–Trinajstić information content (AvgIpc) is 2.67. The van der Waals surface area contributed by atoms with Crippen LogP contribution < -0.4 is 10.1 Å². The first-order chi connectivity index (χ1) is 14.1. The lowest BCUT2D eigenvalue weighted by Gasteiger charge is -2.36. The summed E-state index contributed by atoms with van der Waals surface area (Å²) in [6.07, 6.45) is 0. The molecule has 0 spiro atoms. The number of hydrogen-bond acceptors (Lipinski definition) is 4. The van der Waals surface area contributed by atoms with Crippen molar-refractivity contribution in [2.45, 2.75) is 32.9 Å². The Bertz CT molecular complexity index is 845. The van der Waals surface area contributed by atoms with Gasteiger partial charge in [0.1, 0.15) is 18.1 Å². The molecule has 0 bridgehead atoms. The van der Waals surface area contributed by atoms with Crippen LogP contribution in [-0.2, 0) is 16.1 Å². The van der Waals surface area contributed by atoms with Gasteiger partial charge in [-0.1, -0.05) is 12.1 Å². The number of nitrogens with one attached hydrogen (secondary N) is 1. The SMILES string of the molecule is COc1ccc(CN(C)CC(=O)N(CC(=O)Nc2ccc(F)cc2)C(C)(C)C)cc1. The summed E-state index contributed by atoms with van der Waals surface area (Å²) in [5.41, 5.74) is 1.01. The van der Waals surface area contributed by atoms with Crippen molar-refractivity contribution in [1.82, 2.24) is 9.80 Å². The molecule has 2 aromatic rings. The lowest BCUT2D eigenvalue weighted by atomic mass is 10.1. The molecular weight excluding hydrogens is 385 g/mol. The van der Waals surface area contributed by atoms with Gasteiger partial charge in [0.05, 0.1) is 13.7 Å². The predicted octanol–water partition coefficient (Wildman–Crippen LogP) is 3.53. The van der Waals surface area contributed by atoms with Crippen molar-refractivity contribution in [3.05, 3.63) is 59.9 Å². The predicted molar refractivity (Wildman–Crippen MR) is 116 cm³/mol. The maximum atomic E-state index is 13.0. The highest BCUT2D eigenvalue weighted by molar-refractivity contribution is 5.95. The number of amides is 2. The Morgan fingerprint density at radius 2 is 1.60 bits per heavy atom. The molecule has 2 rings (SSSR count). The third kappa shape index (κ3) is 7.15. The monoisotopic (exact) mass is 415 g/mol. The van der Waals surface area contributed by atoms with E-state index >= 15 is 0 Å². The highest BCUT2D eigenvalue weighted by atomic mass is 19.1. The van der Waals surface area contributed by atoms with E-state index in [1.165, 1.54) is 24.3 Å². The minimum atomic E-state index is -0.530.